The third-order valence-corrected chi connectivity index (χ3v) is 4.03. The summed E-state index contributed by atoms with van der Waals surface area (Å²) < 4.78 is 31.7. The fraction of sp³-hybridized carbons (Fsp3) is 0.500. The maximum atomic E-state index is 12.0. The Morgan fingerprint density at radius 2 is 2.06 bits per heavy atom. The molecule has 0 aliphatic heterocycles. The average molecular weight is 273 g/mol. The minimum atomic E-state index is -3.58. The maximum absolute atomic E-state index is 12.0. The number of nitrogens with one attached hydrogen (secondary N) is 1. The molecule has 0 atom stereocenters. The average Bonchev–Trinajstić information content (AvgIpc) is 2.37. The number of methoxy groups -OCH3 is 1. The van der Waals surface area contributed by atoms with Gasteiger partial charge in [-0.2, -0.15) is 0 Å². The summed E-state index contributed by atoms with van der Waals surface area (Å²) in [5, 5.41) is 8.99. The zero-order valence-corrected chi connectivity index (χ0v) is 11.6. The molecular formula is C12H19NO4S. The maximum Gasteiger partial charge on any atom is 0.240 e. The normalized spacial score (nSPS) is 12.7. The second-order valence-electron chi connectivity index (χ2n) is 4.59. The Kier molecular flexibility index (Phi) is 4.86. The molecule has 0 unspecified atom stereocenters. The molecule has 1 aromatic rings. The van der Waals surface area contributed by atoms with Crippen molar-refractivity contribution in [3.63, 3.8) is 0 Å². The molecule has 0 spiro atoms. The molecule has 0 aromatic heterocycles. The van der Waals surface area contributed by atoms with Gasteiger partial charge in [-0.25, -0.2) is 13.1 Å². The Morgan fingerprint density at radius 3 is 2.61 bits per heavy atom. The van der Waals surface area contributed by atoms with Crippen LogP contribution in [0.3, 0.4) is 0 Å². The van der Waals surface area contributed by atoms with Gasteiger partial charge in [-0.1, -0.05) is 12.1 Å². The number of hydrogen-bond acceptors (Lipinski definition) is 4. The van der Waals surface area contributed by atoms with Gasteiger partial charge in [-0.05, 0) is 31.5 Å². The summed E-state index contributed by atoms with van der Waals surface area (Å²) in [6.07, 6.45) is 0. The van der Waals surface area contributed by atoms with Crippen molar-refractivity contribution in [1.82, 2.24) is 4.72 Å². The van der Waals surface area contributed by atoms with E-state index in [0.717, 1.165) is 0 Å². The standard InChI is InChI=1S/C12H19NO4S/c1-12(2,17-3)9-13-18(15,16)11-6-4-5-10(7-11)8-14/h4-7,13-14H,8-9H2,1-3H3. The van der Waals surface area contributed by atoms with Crippen molar-refractivity contribution in [2.45, 2.75) is 31.0 Å². The van der Waals surface area contributed by atoms with E-state index < -0.39 is 15.6 Å². The molecule has 102 valence electrons. The highest BCUT2D eigenvalue weighted by Gasteiger charge is 2.21. The lowest BCUT2D eigenvalue weighted by atomic mass is 10.1. The van der Waals surface area contributed by atoms with Gasteiger partial charge in [0.15, 0.2) is 0 Å². The molecule has 0 radical (unpaired) electrons. The highest BCUT2D eigenvalue weighted by atomic mass is 32.2. The monoisotopic (exact) mass is 273 g/mol. The molecule has 18 heavy (non-hydrogen) atoms. The van der Waals surface area contributed by atoms with Crippen LogP contribution in [0.2, 0.25) is 0 Å². The van der Waals surface area contributed by atoms with E-state index in [1.807, 2.05) is 0 Å². The summed E-state index contributed by atoms with van der Waals surface area (Å²) in [5.74, 6) is 0. The van der Waals surface area contributed by atoms with Crippen molar-refractivity contribution >= 4 is 10.0 Å². The lowest BCUT2D eigenvalue weighted by molar-refractivity contribution is 0.0276. The van der Waals surface area contributed by atoms with Crippen LogP contribution in [0.25, 0.3) is 0 Å². The molecule has 0 amide bonds. The first-order valence-corrected chi connectivity index (χ1v) is 7.04. The third-order valence-electron chi connectivity index (χ3n) is 2.63. The van der Waals surface area contributed by atoms with E-state index in [-0.39, 0.29) is 18.0 Å². The molecular weight excluding hydrogens is 254 g/mol. The van der Waals surface area contributed by atoms with Gasteiger partial charge in [0.1, 0.15) is 0 Å². The van der Waals surface area contributed by atoms with Gasteiger partial charge in [-0.3, -0.25) is 0 Å². The van der Waals surface area contributed by atoms with Crippen molar-refractivity contribution in [1.29, 1.82) is 0 Å². The van der Waals surface area contributed by atoms with Crippen molar-refractivity contribution in [2.24, 2.45) is 0 Å². The molecule has 1 rings (SSSR count). The Bertz CT molecular complexity index is 497. The minimum absolute atomic E-state index is 0.140. The minimum Gasteiger partial charge on any atom is -0.392 e. The fourth-order valence-electron chi connectivity index (χ4n) is 1.24. The number of benzene rings is 1. The Morgan fingerprint density at radius 1 is 1.39 bits per heavy atom. The molecule has 0 aliphatic rings. The molecule has 0 heterocycles. The highest BCUT2D eigenvalue weighted by molar-refractivity contribution is 7.89. The summed E-state index contributed by atoms with van der Waals surface area (Å²) in [6.45, 7) is 3.57. The molecule has 0 fully saturated rings. The smallest absolute Gasteiger partial charge is 0.240 e. The van der Waals surface area contributed by atoms with E-state index in [0.29, 0.717) is 5.56 Å². The van der Waals surface area contributed by atoms with Gasteiger partial charge in [0, 0.05) is 13.7 Å². The summed E-state index contributed by atoms with van der Waals surface area (Å²) in [7, 11) is -2.05. The van der Waals surface area contributed by atoms with Gasteiger partial charge < -0.3 is 9.84 Å². The molecule has 0 saturated carbocycles. The Hall–Kier alpha value is -0.950. The molecule has 0 bridgehead atoms. The van der Waals surface area contributed by atoms with Crippen LogP contribution in [0.1, 0.15) is 19.4 Å². The van der Waals surface area contributed by atoms with Gasteiger partial charge in [0.25, 0.3) is 0 Å². The lowest BCUT2D eigenvalue weighted by Gasteiger charge is -2.23. The Balaban J connectivity index is 2.86. The van der Waals surface area contributed by atoms with E-state index in [1.165, 1.54) is 19.2 Å². The van der Waals surface area contributed by atoms with E-state index in [1.54, 1.807) is 26.0 Å². The van der Waals surface area contributed by atoms with Gasteiger partial charge in [0.2, 0.25) is 10.0 Å². The zero-order valence-electron chi connectivity index (χ0n) is 10.8. The van der Waals surface area contributed by atoms with Crippen LogP contribution < -0.4 is 4.72 Å². The van der Waals surface area contributed by atoms with Crippen LogP contribution in [0.4, 0.5) is 0 Å². The third kappa shape index (κ3) is 4.06. The SMILES string of the molecule is COC(C)(C)CNS(=O)(=O)c1cccc(CO)c1. The highest BCUT2D eigenvalue weighted by Crippen LogP contribution is 2.13. The Labute approximate surface area is 108 Å². The molecule has 6 heteroatoms. The number of aliphatic hydroxyl groups excluding tert-OH is 1. The van der Waals surface area contributed by atoms with E-state index in [2.05, 4.69) is 4.72 Å². The van der Waals surface area contributed by atoms with Crippen LogP contribution in [0, 0.1) is 0 Å². The quantitative estimate of drug-likeness (QED) is 0.807. The van der Waals surface area contributed by atoms with E-state index >= 15 is 0 Å². The summed E-state index contributed by atoms with van der Waals surface area (Å²) in [5.41, 5.74) is -0.00865. The number of hydrogen-bond donors (Lipinski definition) is 2. The van der Waals surface area contributed by atoms with Crippen LogP contribution in [-0.4, -0.2) is 32.8 Å². The molecule has 2 N–H and O–H groups in total. The second kappa shape index (κ2) is 5.79. The number of sulfonamides is 1. The largest absolute Gasteiger partial charge is 0.392 e. The van der Waals surface area contributed by atoms with Crippen LogP contribution in [0.15, 0.2) is 29.2 Å². The fourth-order valence-corrected chi connectivity index (χ4v) is 2.50. The first kappa shape index (κ1) is 15.1. The summed E-state index contributed by atoms with van der Waals surface area (Å²) in [6, 6.07) is 6.20. The van der Waals surface area contributed by atoms with Crippen LogP contribution in [-0.2, 0) is 21.4 Å². The van der Waals surface area contributed by atoms with Gasteiger partial charge >= 0.3 is 0 Å². The summed E-state index contributed by atoms with van der Waals surface area (Å²) in [4.78, 5) is 0.140. The zero-order chi connectivity index (χ0) is 13.8. The van der Waals surface area contributed by atoms with Crippen molar-refractivity contribution in [3.8, 4) is 0 Å². The first-order chi connectivity index (χ1) is 8.30. The molecule has 0 aliphatic carbocycles. The number of rotatable bonds is 6. The van der Waals surface area contributed by atoms with E-state index in [4.69, 9.17) is 9.84 Å². The first-order valence-electron chi connectivity index (χ1n) is 5.55. The number of ether oxygens (including phenoxy) is 1. The van der Waals surface area contributed by atoms with Crippen LogP contribution >= 0.6 is 0 Å². The predicted molar refractivity (Wildman–Crippen MR) is 68.6 cm³/mol. The second-order valence-corrected chi connectivity index (χ2v) is 6.36. The van der Waals surface area contributed by atoms with Crippen molar-refractivity contribution in [3.05, 3.63) is 29.8 Å². The lowest BCUT2D eigenvalue weighted by Crippen LogP contribution is -2.39. The number of aliphatic hydroxyl groups is 1. The molecule has 0 saturated heterocycles. The van der Waals surface area contributed by atoms with Crippen molar-refractivity contribution in [2.75, 3.05) is 13.7 Å². The van der Waals surface area contributed by atoms with Gasteiger partial charge in [0.05, 0.1) is 17.1 Å². The topological polar surface area (TPSA) is 75.6 Å². The van der Waals surface area contributed by atoms with E-state index in [9.17, 15) is 8.42 Å². The molecule has 5 nitrogen and oxygen atoms in total. The van der Waals surface area contributed by atoms with Crippen LogP contribution in [0.5, 0.6) is 0 Å². The predicted octanol–water partition coefficient (Wildman–Crippen LogP) is 0.882. The van der Waals surface area contributed by atoms with Crippen molar-refractivity contribution < 1.29 is 18.3 Å². The van der Waals surface area contributed by atoms with Gasteiger partial charge in [-0.15, -0.1) is 0 Å². The molecule has 1 aromatic carbocycles. The summed E-state index contributed by atoms with van der Waals surface area (Å²) >= 11 is 0.